The Morgan fingerprint density at radius 1 is 0.700 bits per heavy atom. The van der Waals surface area contributed by atoms with Gasteiger partial charge in [0.15, 0.2) is 11.9 Å². The van der Waals surface area contributed by atoms with Crippen LogP contribution in [0.3, 0.4) is 0 Å². The van der Waals surface area contributed by atoms with Crippen LogP contribution < -0.4 is 32.4 Å². The van der Waals surface area contributed by atoms with E-state index in [0.29, 0.717) is 0 Å². The van der Waals surface area contributed by atoms with Gasteiger partial charge in [0.1, 0.15) is 11.5 Å². The molecule has 0 aliphatic carbocycles. The van der Waals surface area contributed by atoms with Gasteiger partial charge in [0.2, 0.25) is 11.9 Å². The molecule has 2 aromatic carbocycles. The molecule has 12 nitrogen and oxygen atoms in total. The summed E-state index contributed by atoms with van der Waals surface area (Å²) in [6.45, 7) is -1.09. The fourth-order valence-corrected chi connectivity index (χ4v) is 4.75. The first-order valence-electron chi connectivity index (χ1n) is 13.6. The maximum Gasteiger partial charge on any atom is 0.573 e. The molecular weight excluding hydrogens is 790 g/mol. The number of guanidine groups is 4. The van der Waals surface area contributed by atoms with Gasteiger partial charge >= 0.3 is 12.7 Å². The van der Waals surface area contributed by atoms with Crippen molar-refractivity contribution in [1.82, 2.24) is 9.80 Å². The number of likely N-dealkylation sites (tertiary alicyclic amines) is 2. The summed E-state index contributed by atoms with van der Waals surface area (Å²) < 4.78 is 133. The van der Waals surface area contributed by atoms with Crippen LogP contribution in [0.1, 0.15) is 12.8 Å². The zero-order chi connectivity index (χ0) is 37.7. The van der Waals surface area contributed by atoms with Gasteiger partial charge in [0.05, 0.1) is 34.0 Å². The van der Waals surface area contributed by atoms with Crippen LogP contribution in [-0.2, 0) is 0 Å². The van der Waals surface area contributed by atoms with Crippen molar-refractivity contribution in [2.45, 2.75) is 37.4 Å². The molecular formula is C26H26BrClF10N10O2. The normalized spacial score (nSPS) is 18.6. The van der Waals surface area contributed by atoms with E-state index in [1.54, 1.807) is 0 Å². The molecule has 0 aromatic heterocycles. The second-order valence-electron chi connectivity index (χ2n) is 10.3. The number of halogens is 12. The highest BCUT2D eigenvalue weighted by molar-refractivity contribution is 9.10. The first kappa shape index (κ1) is 40.0. The highest BCUT2D eigenvalue weighted by Gasteiger charge is 2.40. The average Bonchev–Trinajstić information content (AvgIpc) is 3.51. The summed E-state index contributed by atoms with van der Waals surface area (Å²) in [5.41, 5.74) is 22.6. The summed E-state index contributed by atoms with van der Waals surface area (Å²) in [4.78, 5) is 17.4. The Hall–Kier alpha value is -4.41. The molecule has 50 heavy (non-hydrogen) atoms. The predicted octanol–water partition coefficient (Wildman–Crippen LogP) is 5.79. The minimum atomic E-state index is -4.88. The van der Waals surface area contributed by atoms with Crippen molar-refractivity contribution in [2.75, 3.05) is 26.2 Å². The molecule has 0 saturated carbocycles. The first-order valence-corrected chi connectivity index (χ1v) is 14.8. The van der Waals surface area contributed by atoms with Crippen molar-refractivity contribution in [3.05, 3.63) is 45.9 Å². The molecule has 24 heteroatoms. The molecule has 2 aliphatic rings. The Morgan fingerprint density at radius 2 is 1.10 bits per heavy atom. The van der Waals surface area contributed by atoms with Crippen molar-refractivity contribution in [3.63, 3.8) is 0 Å². The molecule has 276 valence electrons. The molecule has 4 rings (SSSR count). The van der Waals surface area contributed by atoms with Gasteiger partial charge in [0, 0.05) is 25.9 Å². The topological polar surface area (TPSA) is 178 Å². The number of nitrogens with zero attached hydrogens (tertiary/aromatic N) is 6. The number of hydrogen-bond donors (Lipinski definition) is 4. The van der Waals surface area contributed by atoms with Crippen molar-refractivity contribution in [3.8, 4) is 11.5 Å². The minimum Gasteiger partial charge on any atom is -0.405 e. The van der Waals surface area contributed by atoms with Crippen LogP contribution in [0.25, 0.3) is 0 Å². The summed E-state index contributed by atoms with van der Waals surface area (Å²) in [5, 5.41) is -0.345. The molecule has 0 amide bonds. The Balaban J connectivity index is 0.000000270. The second kappa shape index (κ2) is 15.6. The zero-order valence-electron chi connectivity index (χ0n) is 25.1. The van der Waals surface area contributed by atoms with Crippen molar-refractivity contribution in [1.29, 1.82) is 0 Å². The lowest BCUT2D eigenvalue weighted by atomic mass is 10.3. The predicted molar refractivity (Wildman–Crippen MR) is 167 cm³/mol. The molecule has 0 atom stereocenters. The average molecular weight is 816 g/mol. The maximum absolute atomic E-state index is 13.1. The van der Waals surface area contributed by atoms with Gasteiger partial charge in [-0.3, -0.25) is 0 Å². The van der Waals surface area contributed by atoms with Crippen LogP contribution in [0.2, 0.25) is 5.02 Å². The van der Waals surface area contributed by atoms with Crippen LogP contribution in [0, 0.1) is 0 Å². The van der Waals surface area contributed by atoms with E-state index in [9.17, 15) is 43.9 Å². The molecule has 2 aromatic rings. The van der Waals surface area contributed by atoms with E-state index in [4.69, 9.17) is 34.5 Å². The molecule has 2 heterocycles. The molecule has 8 N–H and O–H groups in total. The fraction of sp³-hybridized carbons (Fsp3) is 0.385. The lowest BCUT2D eigenvalue weighted by Gasteiger charge is -2.16. The second-order valence-corrected chi connectivity index (χ2v) is 11.5. The molecule has 0 radical (unpaired) electrons. The number of benzene rings is 2. The van der Waals surface area contributed by atoms with Crippen molar-refractivity contribution in [2.24, 2.45) is 42.9 Å². The largest absolute Gasteiger partial charge is 0.573 e. The van der Waals surface area contributed by atoms with Gasteiger partial charge in [-0.25, -0.2) is 27.5 Å². The summed E-state index contributed by atoms with van der Waals surface area (Å²) >= 11 is 8.59. The fourth-order valence-electron chi connectivity index (χ4n) is 4.09. The van der Waals surface area contributed by atoms with E-state index < -0.39 is 49.2 Å². The van der Waals surface area contributed by atoms with Crippen molar-refractivity contribution < 1.29 is 53.4 Å². The SMILES string of the molecule is NC(=Nc1ccc(OC(F)(F)F)c(Br)c1)N=C(N)N1CCC(F)(F)C1.NC(=Nc1ccc(OC(F)(F)F)c(Cl)c1)N=C(N)N1CCC(F)(F)C1. The third kappa shape index (κ3) is 13.1. The number of aliphatic imine (C=N–C) groups is 4. The smallest absolute Gasteiger partial charge is 0.405 e. The monoisotopic (exact) mass is 814 g/mol. The highest BCUT2D eigenvalue weighted by Crippen LogP contribution is 2.35. The van der Waals surface area contributed by atoms with Gasteiger partial charge in [-0.05, 0) is 52.3 Å². The van der Waals surface area contributed by atoms with E-state index in [2.05, 4.69) is 45.4 Å². The molecule has 0 unspecified atom stereocenters. The van der Waals surface area contributed by atoms with Crippen LogP contribution in [0.5, 0.6) is 11.5 Å². The van der Waals surface area contributed by atoms with Crippen LogP contribution in [-0.4, -0.2) is 84.4 Å². The summed E-state index contributed by atoms with van der Waals surface area (Å²) in [6, 6.07) is 6.67. The number of hydrogen-bond acceptors (Lipinski definition) is 4. The first-order chi connectivity index (χ1) is 22.9. The van der Waals surface area contributed by atoms with Gasteiger partial charge < -0.3 is 42.2 Å². The van der Waals surface area contributed by atoms with E-state index >= 15 is 0 Å². The van der Waals surface area contributed by atoms with E-state index in [-0.39, 0.29) is 70.6 Å². The number of nitrogens with two attached hydrogens (primary N) is 4. The maximum atomic E-state index is 13.1. The lowest BCUT2D eigenvalue weighted by molar-refractivity contribution is -0.275. The van der Waals surface area contributed by atoms with Gasteiger partial charge in [-0.1, -0.05) is 11.6 Å². The van der Waals surface area contributed by atoms with Gasteiger partial charge in [-0.15, -0.1) is 26.3 Å². The summed E-state index contributed by atoms with van der Waals surface area (Å²) in [5.74, 6) is -7.89. The Morgan fingerprint density at radius 3 is 1.46 bits per heavy atom. The third-order valence-corrected chi connectivity index (χ3v) is 7.13. The van der Waals surface area contributed by atoms with Crippen LogP contribution >= 0.6 is 27.5 Å². The lowest BCUT2D eigenvalue weighted by Crippen LogP contribution is -2.38. The molecule has 2 aliphatic heterocycles. The summed E-state index contributed by atoms with van der Waals surface area (Å²) in [6.07, 6.45) is -10.4. The van der Waals surface area contributed by atoms with Crippen LogP contribution in [0.4, 0.5) is 55.3 Å². The quantitative estimate of drug-likeness (QED) is 0.170. The highest BCUT2D eigenvalue weighted by atomic mass is 79.9. The Labute approximate surface area is 289 Å². The molecule has 0 spiro atoms. The van der Waals surface area contributed by atoms with Crippen LogP contribution in [0.15, 0.2) is 60.8 Å². The third-order valence-electron chi connectivity index (χ3n) is 6.22. The molecule has 0 bridgehead atoms. The number of alkyl halides is 10. The van der Waals surface area contributed by atoms with E-state index in [1.165, 1.54) is 17.0 Å². The standard InChI is InChI=1S/C13H13BrF5N5O.C13H13ClF5N5O/c2*14-8-5-7(1-2-9(8)25-13(17,18)19)22-10(20)23-11(21)24-4-3-12(15,16)6-24/h2*1-2,5H,3-4,6H2,(H4,20,21,22,23). The van der Waals surface area contributed by atoms with Gasteiger partial charge in [-0.2, -0.15) is 9.98 Å². The van der Waals surface area contributed by atoms with Crippen molar-refractivity contribution >= 4 is 62.7 Å². The Kier molecular flexibility index (Phi) is 12.5. The Bertz CT molecular complexity index is 1530. The summed E-state index contributed by atoms with van der Waals surface area (Å²) in [7, 11) is 0. The number of ether oxygens (including phenoxy) is 2. The van der Waals surface area contributed by atoms with Gasteiger partial charge in [0.25, 0.3) is 11.8 Å². The zero-order valence-corrected chi connectivity index (χ0v) is 27.4. The molecule has 2 fully saturated rings. The van der Waals surface area contributed by atoms with E-state index in [1.807, 2.05) is 0 Å². The number of rotatable bonds is 4. The minimum absolute atomic E-state index is 0.00462. The molecule has 2 saturated heterocycles. The van der Waals surface area contributed by atoms with E-state index in [0.717, 1.165) is 29.2 Å².